The lowest BCUT2D eigenvalue weighted by atomic mass is 9.74. The van der Waals surface area contributed by atoms with Crippen LogP contribution in [0, 0.1) is 10.8 Å². The zero-order valence-electron chi connectivity index (χ0n) is 28.0. The SMILES string of the molecule is CC(C)(C)C(O[SiH2]c1ccc2cc3cc4cc5ccc(C(c6ccccc6)c6ccccc6)cc5cc4cc3cc2c1)C(C)(C)C. The molecule has 0 heterocycles. The topological polar surface area (TPSA) is 9.23 Å². The highest BCUT2D eigenvalue weighted by molar-refractivity contribution is 6.47. The molecular weight excluding hydrogens is 573 g/mol. The van der Waals surface area contributed by atoms with E-state index in [0.29, 0.717) is 0 Å². The summed E-state index contributed by atoms with van der Waals surface area (Å²) in [6.45, 7) is 13.8. The van der Waals surface area contributed by atoms with E-state index in [1.807, 2.05) is 0 Å². The van der Waals surface area contributed by atoms with Crippen LogP contribution in [0.2, 0.25) is 0 Å². The van der Waals surface area contributed by atoms with Crippen molar-refractivity contribution in [2.75, 3.05) is 0 Å². The Kier molecular flexibility index (Phi) is 7.83. The average Bonchev–Trinajstić information content (AvgIpc) is 3.02. The van der Waals surface area contributed by atoms with Gasteiger partial charge in [0, 0.05) is 5.92 Å². The molecule has 0 fully saturated rings. The van der Waals surface area contributed by atoms with Gasteiger partial charge in [-0.15, -0.1) is 0 Å². The van der Waals surface area contributed by atoms with Gasteiger partial charge in [-0.05, 0) is 112 Å². The minimum atomic E-state index is -0.865. The molecule has 0 aromatic heterocycles. The molecular formula is C44H44OSi. The summed E-state index contributed by atoms with van der Waals surface area (Å²) in [4.78, 5) is 0. The Bertz CT molecular complexity index is 2120. The van der Waals surface area contributed by atoms with Crippen molar-refractivity contribution < 1.29 is 4.43 Å². The molecule has 0 N–H and O–H groups in total. The Balaban J connectivity index is 1.26. The molecule has 0 amide bonds. The molecule has 0 saturated carbocycles. The first kappa shape index (κ1) is 30.4. The van der Waals surface area contributed by atoms with Crippen LogP contribution in [0.1, 0.15) is 64.2 Å². The molecule has 7 rings (SSSR count). The molecule has 2 heteroatoms. The van der Waals surface area contributed by atoms with E-state index in [4.69, 9.17) is 4.43 Å². The lowest BCUT2D eigenvalue weighted by molar-refractivity contribution is 0.00183. The largest absolute Gasteiger partial charge is 0.415 e. The van der Waals surface area contributed by atoms with E-state index in [-0.39, 0.29) is 22.9 Å². The van der Waals surface area contributed by atoms with Gasteiger partial charge >= 0.3 is 0 Å². The molecule has 7 aromatic carbocycles. The summed E-state index contributed by atoms with van der Waals surface area (Å²) >= 11 is 0. The summed E-state index contributed by atoms with van der Waals surface area (Å²) in [6, 6.07) is 49.8. The second kappa shape index (κ2) is 11.8. The number of rotatable bonds is 6. The summed E-state index contributed by atoms with van der Waals surface area (Å²) in [5, 5.41) is 11.6. The van der Waals surface area contributed by atoms with E-state index >= 15 is 0 Å². The zero-order chi connectivity index (χ0) is 32.1. The van der Waals surface area contributed by atoms with Crippen molar-refractivity contribution in [2.24, 2.45) is 10.8 Å². The van der Waals surface area contributed by atoms with Gasteiger partial charge in [0.25, 0.3) is 0 Å². The highest BCUT2D eigenvalue weighted by Gasteiger charge is 2.35. The van der Waals surface area contributed by atoms with Gasteiger partial charge in [-0.1, -0.05) is 139 Å². The van der Waals surface area contributed by atoms with Gasteiger partial charge in [0.15, 0.2) is 9.76 Å². The number of fused-ring (bicyclic) bond motifs is 4. The summed E-state index contributed by atoms with van der Waals surface area (Å²) < 4.78 is 6.71. The molecule has 1 nitrogen and oxygen atoms in total. The molecule has 7 aromatic rings. The normalized spacial score (nSPS) is 13.0. The Morgan fingerprint density at radius 1 is 0.413 bits per heavy atom. The molecule has 46 heavy (non-hydrogen) atoms. The van der Waals surface area contributed by atoms with Crippen LogP contribution in [0.5, 0.6) is 0 Å². The molecule has 0 bridgehead atoms. The van der Waals surface area contributed by atoms with Gasteiger partial charge in [0.05, 0.1) is 6.10 Å². The minimum absolute atomic E-state index is 0.105. The van der Waals surface area contributed by atoms with Gasteiger partial charge in [-0.3, -0.25) is 0 Å². The number of hydrogen-bond donors (Lipinski definition) is 0. The second-order valence-electron chi connectivity index (χ2n) is 15.2. The molecule has 0 unspecified atom stereocenters. The maximum Gasteiger partial charge on any atom is 0.192 e. The first-order chi connectivity index (χ1) is 22.0. The highest BCUT2D eigenvalue weighted by atomic mass is 28.2. The van der Waals surface area contributed by atoms with Gasteiger partial charge in [0.1, 0.15) is 0 Å². The Morgan fingerprint density at radius 2 is 0.826 bits per heavy atom. The van der Waals surface area contributed by atoms with Crippen molar-refractivity contribution in [1.29, 1.82) is 0 Å². The molecule has 0 aliphatic heterocycles. The van der Waals surface area contributed by atoms with Crippen LogP contribution in [0.4, 0.5) is 0 Å². The highest BCUT2D eigenvalue weighted by Crippen LogP contribution is 2.37. The maximum atomic E-state index is 6.71. The van der Waals surface area contributed by atoms with Crippen molar-refractivity contribution in [3.05, 3.63) is 150 Å². The van der Waals surface area contributed by atoms with Crippen molar-refractivity contribution in [3.63, 3.8) is 0 Å². The van der Waals surface area contributed by atoms with E-state index in [9.17, 15) is 0 Å². The van der Waals surface area contributed by atoms with E-state index in [0.717, 1.165) is 0 Å². The molecule has 230 valence electrons. The quantitative estimate of drug-likeness (QED) is 0.103. The summed E-state index contributed by atoms with van der Waals surface area (Å²) in [6.07, 6.45) is 0.219. The molecule has 0 spiro atoms. The minimum Gasteiger partial charge on any atom is -0.415 e. The fourth-order valence-corrected chi connectivity index (χ4v) is 9.56. The van der Waals surface area contributed by atoms with Crippen molar-refractivity contribution in [3.8, 4) is 0 Å². The maximum absolute atomic E-state index is 6.71. The van der Waals surface area contributed by atoms with E-state index in [1.165, 1.54) is 65.0 Å². The van der Waals surface area contributed by atoms with E-state index in [2.05, 4.69) is 175 Å². The van der Waals surface area contributed by atoms with Crippen LogP contribution in [-0.4, -0.2) is 15.9 Å². The van der Waals surface area contributed by atoms with Crippen LogP contribution in [0.3, 0.4) is 0 Å². The van der Waals surface area contributed by atoms with Gasteiger partial charge in [-0.25, -0.2) is 0 Å². The van der Waals surface area contributed by atoms with Gasteiger partial charge in [-0.2, -0.15) is 0 Å². The third-order valence-electron chi connectivity index (χ3n) is 9.38. The van der Waals surface area contributed by atoms with Crippen molar-refractivity contribution in [1.82, 2.24) is 0 Å². The lowest BCUT2D eigenvalue weighted by Gasteiger charge is -2.40. The Morgan fingerprint density at radius 3 is 1.30 bits per heavy atom. The van der Waals surface area contributed by atoms with E-state index < -0.39 is 9.76 Å². The van der Waals surface area contributed by atoms with Gasteiger partial charge in [0.2, 0.25) is 0 Å². The third-order valence-corrected chi connectivity index (χ3v) is 10.7. The molecule has 0 aliphatic rings. The molecule has 0 radical (unpaired) electrons. The lowest BCUT2D eigenvalue weighted by Crippen LogP contribution is -2.43. The standard InChI is InChI=1S/C44H44OSi/c1-43(2,3)42(44(4,5)6)45-46-40-20-19-32-22-36-25-35-21-31-17-18-33(23-34(31)24-37(35)26-38(36)27-39(32)28-40)41(29-13-9-7-10-14-29)30-15-11-8-12-16-30/h7-28,41-42H,46H2,1-6H3. The van der Waals surface area contributed by atoms with Crippen LogP contribution in [-0.2, 0) is 4.43 Å². The molecule has 0 aliphatic carbocycles. The average molecular weight is 617 g/mol. The Hall–Kier alpha value is -4.24. The third kappa shape index (κ3) is 6.12. The van der Waals surface area contributed by atoms with Crippen LogP contribution in [0.15, 0.2) is 133 Å². The smallest absolute Gasteiger partial charge is 0.192 e. The number of benzene rings is 7. The summed E-state index contributed by atoms with van der Waals surface area (Å²) in [7, 11) is -0.865. The van der Waals surface area contributed by atoms with Crippen molar-refractivity contribution >= 4 is 58.0 Å². The summed E-state index contributed by atoms with van der Waals surface area (Å²) in [5.74, 6) is 0.189. The first-order valence-corrected chi connectivity index (χ1v) is 17.9. The monoisotopic (exact) mass is 616 g/mol. The predicted octanol–water partition coefficient (Wildman–Crippen LogP) is 10.7. The van der Waals surface area contributed by atoms with Crippen LogP contribution < -0.4 is 5.19 Å². The zero-order valence-corrected chi connectivity index (χ0v) is 29.4. The van der Waals surface area contributed by atoms with Crippen LogP contribution in [0.25, 0.3) is 43.1 Å². The first-order valence-electron chi connectivity index (χ1n) is 16.6. The summed E-state index contributed by atoms with van der Waals surface area (Å²) in [5.41, 5.74) is 4.15. The fraction of sp³-hybridized carbons (Fsp3) is 0.227. The van der Waals surface area contributed by atoms with Crippen LogP contribution >= 0.6 is 0 Å². The van der Waals surface area contributed by atoms with Crippen molar-refractivity contribution in [2.45, 2.75) is 53.6 Å². The molecule has 0 saturated heterocycles. The van der Waals surface area contributed by atoms with E-state index in [1.54, 1.807) is 0 Å². The fourth-order valence-electron chi connectivity index (χ4n) is 7.69. The number of hydrogen-bond acceptors (Lipinski definition) is 1. The predicted molar refractivity (Wildman–Crippen MR) is 202 cm³/mol. The Labute approximate surface area is 276 Å². The second-order valence-corrected chi connectivity index (χ2v) is 16.7. The van der Waals surface area contributed by atoms with Gasteiger partial charge < -0.3 is 4.43 Å². The molecule has 0 atom stereocenters.